The second-order valence-corrected chi connectivity index (χ2v) is 5.19. The smallest absolute Gasteiger partial charge is 0.224 e. The molecule has 2 unspecified atom stereocenters. The van der Waals surface area contributed by atoms with Crippen molar-refractivity contribution in [2.45, 2.75) is 37.8 Å². The number of nitrogens with one attached hydrogen (secondary N) is 1. The van der Waals surface area contributed by atoms with Crippen LogP contribution in [0, 0.1) is 0 Å². The van der Waals surface area contributed by atoms with Crippen molar-refractivity contribution in [2.75, 3.05) is 5.32 Å². The fourth-order valence-electron chi connectivity index (χ4n) is 1.94. The van der Waals surface area contributed by atoms with Crippen LogP contribution in [0.5, 0.6) is 0 Å². The van der Waals surface area contributed by atoms with Gasteiger partial charge in [-0.3, -0.25) is 0 Å². The lowest BCUT2D eigenvalue weighted by Gasteiger charge is -2.27. The molecule has 2 N–H and O–H groups in total. The molecule has 1 heterocycles. The van der Waals surface area contributed by atoms with Gasteiger partial charge in [0.2, 0.25) is 5.28 Å². The van der Waals surface area contributed by atoms with E-state index in [0.29, 0.717) is 5.82 Å². The summed E-state index contributed by atoms with van der Waals surface area (Å²) in [7, 11) is 0. The van der Waals surface area contributed by atoms with Gasteiger partial charge in [-0.2, -0.15) is 4.98 Å². The molecule has 0 aliphatic heterocycles. The molecule has 2 rings (SSSR count). The first-order valence-electron chi connectivity index (χ1n) is 5.28. The molecule has 1 saturated carbocycles. The summed E-state index contributed by atoms with van der Waals surface area (Å²) >= 11 is 9.09. The van der Waals surface area contributed by atoms with Crippen molar-refractivity contribution < 1.29 is 5.11 Å². The number of nitrogens with zero attached hydrogens (tertiary/aromatic N) is 2. The fourth-order valence-corrected chi connectivity index (χ4v) is 2.37. The number of hydrogen-bond donors (Lipinski definition) is 2. The van der Waals surface area contributed by atoms with Gasteiger partial charge in [-0.1, -0.05) is 0 Å². The Morgan fingerprint density at radius 2 is 2.31 bits per heavy atom. The third kappa shape index (κ3) is 3.06. The molecule has 0 amide bonds. The maximum Gasteiger partial charge on any atom is 0.224 e. The predicted octanol–water partition coefficient (Wildman–Crippen LogP) is 2.61. The van der Waals surface area contributed by atoms with E-state index in [1.807, 2.05) is 0 Å². The molecule has 0 aromatic carbocycles. The number of aromatic nitrogens is 2. The van der Waals surface area contributed by atoms with E-state index < -0.39 is 0 Å². The van der Waals surface area contributed by atoms with Crippen LogP contribution in [0.1, 0.15) is 25.7 Å². The zero-order valence-corrected chi connectivity index (χ0v) is 11.0. The van der Waals surface area contributed by atoms with Crippen molar-refractivity contribution >= 4 is 33.3 Å². The summed E-state index contributed by atoms with van der Waals surface area (Å²) in [5.41, 5.74) is 0. The van der Waals surface area contributed by atoms with E-state index in [1.54, 1.807) is 6.20 Å². The van der Waals surface area contributed by atoms with Crippen LogP contribution in [-0.4, -0.2) is 27.2 Å². The van der Waals surface area contributed by atoms with Crippen LogP contribution < -0.4 is 5.32 Å². The Labute approximate surface area is 108 Å². The van der Waals surface area contributed by atoms with Crippen LogP contribution in [0.3, 0.4) is 0 Å². The van der Waals surface area contributed by atoms with Gasteiger partial charge in [0.05, 0.1) is 10.6 Å². The van der Waals surface area contributed by atoms with Gasteiger partial charge in [0.25, 0.3) is 0 Å². The zero-order valence-electron chi connectivity index (χ0n) is 8.66. The number of halogens is 2. The molecule has 1 aliphatic carbocycles. The molecule has 6 heteroatoms. The molecule has 16 heavy (non-hydrogen) atoms. The molecular formula is C10H13BrClN3O. The van der Waals surface area contributed by atoms with E-state index in [4.69, 9.17) is 11.6 Å². The highest BCUT2D eigenvalue weighted by molar-refractivity contribution is 9.10. The second-order valence-electron chi connectivity index (χ2n) is 4.00. The molecule has 0 spiro atoms. The Balaban J connectivity index is 2.05. The van der Waals surface area contributed by atoms with Crippen LogP contribution in [0.25, 0.3) is 0 Å². The Morgan fingerprint density at radius 1 is 1.50 bits per heavy atom. The molecule has 0 radical (unpaired) electrons. The summed E-state index contributed by atoms with van der Waals surface area (Å²) in [6.07, 6.45) is 5.15. The predicted molar refractivity (Wildman–Crippen MR) is 66.6 cm³/mol. The molecule has 0 saturated heterocycles. The number of aliphatic hydroxyl groups excluding tert-OH is 1. The van der Waals surface area contributed by atoms with E-state index in [-0.39, 0.29) is 17.4 Å². The average molecular weight is 307 g/mol. The van der Waals surface area contributed by atoms with E-state index in [9.17, 15) is 5.11 Å². The largest absolute Gasteiger partial charge is 0.393 e. The maximum absolute atomic E-state index is 9.57. The van der Waals surface area contributed by atoms with Gasteiger partial charge >= 0.3 is 0 Å². The SMILES string of the molecule is OC1CCCC(Nc2nc(Cl)ncc2Br)C1. The van der Waals surface area contributed by atoms with Gasteiger partial charge < -0.3 is 10.4 Å². The van der Waals surface area contributed by atoms with Crippen molar-refractivity contribution in [3.63, 3.8) is 0 Å². The lowest BCUT2D eigenvalue weighted by Crippen LogP contribution is -2.30. The monoisotopic (exact) mass is 305 g/mol. The number of aliphatic hydroxyl groups is 1. The Hall–Kier alpha value is -0.390. The molecule has 0 bridgehead atoms. The second kappa shape index (κ2) is 5.29. The highest BCUT2D eigenvalue weighted by Crippen LogP contribution is 2.25. The molecule has 1 aliphatic rings. The zero-order chi connectivity index (χ0) is 11.5. The highest BCUT2D eigenvalue weighted by atomic mass is 79.9. The summed E-state index contributed by atoms with van der Waals surface area (Å²) in [6, 6.07) is 0.256. The molecule has 1 fully saturated rings. The summed E-state index contributed by atoms with van der Waals surface area (Å²) in [6.45, 7) is 0. The minimum absolute atomic E-state index is 0.206. The van der Waals surface area contributed by atoms with Crippen molar-refractivity contribution in [1.29, 1.82) is 0 Å². The number of hydrogen-bond acceptors (Lipinski definition) is 4. The molecule has 2 atom stereocenters. The molecule has 1 aromatic heterocycles. The topological polar surface area (TPSA) is 58.0 Å². The van der Waals surface area contributed by atoms with Gasteiger partial charge in [-0.05, 0) is 53.2 Å². The standard InChI is InChI=1S/C10H13BrClN3O/c11-8-5-13-10(12)15-9(8)14-6-2-1-3-7(16)4-6/h5-7,16H,1-4H2,(H,13,14,15). The molecular weight excluding hydrogens is 293 g/mol. The first-order chi connectivity index (χ1) is 7.65. The van der Waals surface area contributed by atoms with E-state index in [1.165, 1.54) is 0 Å². The van der Waals surface area contributed by atoms with Gasteiger partial charge in [-0.15, -0.1) is 0 Å². The Morgan fingerprint density at radius 3 is 3.06 bits per heavy atom. The molecule has 4 nitrogen and oxygen atoms in total. The fraction of sp³-hybridized carbons (Fsp3) is 0.600. The quantitative estimate of drug-likeness (QED) is 0.825. The maximum atomic E-state index is 9.57. The molecule has 88 valence electrons. The lowest BCUT2D eigenvalue weighted by molar-refractivity contribution is 0.124. The van der Waals surface area contributed by atoms with Crippen molar-refractivity contribution in [1.82, 2.24) is 9.97 Å². The van der Waals surface area contributed by atoms with E-state index in [0.717, 1.165) is 30.2 Å². The molecule has 1 aromatic rings. The summed E-state index contributed by atoms with van der Waals surface area (Å²) in [4.78, 5) is 7.97. The normalized spacial score (nSPS) is 25.4. The number of anilines is 1. The minimum Gasteiger partial charge on any atom is -0.393 e. The third-order valence-corrected chi connectivity index (χ3v) is 3.46. The van der Waals surface area contributed by atoms with E-state index in [2.05, 4.69) is 31.2 Å². The highest BCUT2D eigenvalue weighted by Gasteiger charge is 2.21. The van der Waals surface area contributed by atoms with Crippen LogP contribution >= 0.6 is 27.5 Å². The Kier molecular flexibility index (Phi) is 4.00. The van der Waals surface area contributed by atoms with Crippen molar-refractivity contribution in [2.24, 2.45) is 0 Å². The average Bonchev–Trinajstić information content (AvgIpc) is 2.24. The lowest BCUT2D eigenvalue weighted by atomic mass is 9.93. The first-order valence-corrected chi connectivity index (χ1v) is 6.45. The van der Waals surface area contributed by atoms with Gasteiger partial charge in [0.1, 0.15) is 5.82 Å². The van der Waals surface area contributed by atoms with Crippen LogP contribution in [0.15, 0.2) is 10.7 Å². The van der Waals surface area contributed by atoms with Crippen LogP contribution in [0.4, 0.5) is 5.82 Å². The van der Waals surface area contributed by atoms with Crippen LogP contribution in [-0.2, 0) is 0 Å². The van der Waals surface area contributed by atoms with Gasteiger partial charge in [0, 0.05) is 12.2 Å². The summed E-state index contributed by atoms with van der Waals surface area (Å²) in [5, 5.41) is 13.1. The number of rotatable bonds is 2. The van der Waals surface area contributed by atoms with Gasteiger partial charge in [-0.25, -0.2) is 4.98 Å². The van der Waals surface area contributed by atoms with Crippen LogP contribution in [0.2, 0.25) is 5.28 Å². The van der Waals surface area contributed by atoms with Gasteiger partial charge in [0.15, 0.2) is 0 Å². The Bertz CT molecular complexity index is 377. The summed E-state index contributed by atoms with van der Waals surface area (Å²) in [5.74, 6) is 0.694. The summed E-state index contributed by atoms with van der Waals surface area (Å²) < 4.78 is 0.789. The van der Waals surface area contributed by atoms with Crippen molar-refractivity contribution in [3.8, 4) is 0 Å². The first kappa shape index (κ1) is 12.1. The third-order valence-electron chi connectivity index (χ3n) is 2.70. The van der Waals surface area contributed by atoms with E-state index >= 15 is 0 Å². The minimum atomic E-state index is -0.206. The van der Waals surface area contributed by atoms with Crippen molar-refractivity contribution in [3.05, 3.63) is 16.0 Å².